The van der Waals surface area contributed by atoms with E-state index in [1.54, 1.807) is 35.4 Å². The number of carbonyl (C=O) groups excluding carboxylic acids is 1. The number of amides is 1. The van der Waals surface area contributed by atoms with Crippen LogP contribution in [0.25, 0.3) is 0 Å². The summed E-state index contributed by atoms with van der Waals surface area (Å²) >= 11 is 7.68. The number of nitrogens with two attached hydrogens (primary N) is 1. The summed E-state index contributed by atoms with van der Waals surface area (Å²) in [7, 11) is 3.27. The fourth-order valence-electron chi connectivity index (χ4n) is 1.95. The molecule has 1 amide bonds. The molecule has 0 spiro atoms. The second-order valence-electron chi connectivity index (χ2n) is 4.63. The number of thiophene rings is 1. The Morgan fingerprint density at radius 2 is 2.24 bits per heavy atom. The number of hydrogen-bond donors (Lipinski definition) is 1. The molecule has 112 valence electrons. The van der Waals surface area contributed by atoms with Gasteiger partial charge in [-0.1, -0.05) is 17.7 Å². The summed E-state index contributed by atoms with van der Waals surface area (Å²) in [5.74, 6) is 0.301. The van der Waals surface area contributed by atoms with Gasteiger partial charge in [-0.2, -0.15) is 0 Å². The zero-order valence-electron chi connectivity index (χ0n) is 11.9. The van der Waals surface area contributed by atoms with Crippen LogP contribution in [0.3, 0.4) is 0 Å². The number of ether oxygens (including phenoxy) is 1. The number of benzene rings is 1. The van der Waals surface area contributed by atoms with Gasteiger partial charge in [0, 0.05) is 24.5 Å². The highest BCUT2D eigenvalue weighted by Crippen LogP contribution is 2.29. The van der Waals surface area contributed by atoms with Gasteiger partial charge in [0.25, 0.3) is 5.91 Å². The molecule has 2 aromatic rings. The number of hydrogen-bond acceptors (Lipinski definition) is 4. The van der Waals surface area contributed by atoms with Crippen LogP contribution in [-0.4, -0.2) is 31.5 Å². The number of halogens is 1. The van der Waals surface area contributed by atoms with E-state index < -0.39 is 0 Å². The smallest absolute Gasteiger partial charge is 0.257 e. The van der Waals surface area contributed by atoms with Crippen molar-refractivity contribution in [2.24, 2.45) is 0 Å². The van der Waals surface area contributed by atoms with Crippen LogP contribution in [0, 0.1) is 0 Å². The number of rotatable bonds is 5. The highest BCUT2D eigenvalue weighted by atomic mass is 35.5. The maximum absolute atomic E-state index is 12.5. The van der Waals surface area contributed by atoms with Crippen molar-refractivity contribution in [1.29, 1.82) is 0 Å². The Labute approximate surface area is 133 Å². The van der Waals surface area contributed by atoms with E-state index in [1.807, 2.05) is 11.4 Å². The Balaban J connectivity index is 2.13. The van der Waals surface area contributed by atoms with Crippen LogP contribution in [0.2, 0.25) is 5.02 Å². The molecule has 0 atom stereocenters. The first-order valence-corrected chi connectivity index (χ1v) is 7.69. The largest absolute Gasteiger partial charge is 0.496 e. The van der Waals surface area contributed by atoms with Gasteiger partial charge in [0.05, 0.1) is 23.4 Å². The molecule has 1 aromatic carbocycles. The maximum atomic E-state index is 12.5. The minimum absolute atomic E-state index is 0.134. The second kappa shape index (κ2) is 6.83. The third-order valence-corrected chi connectivity index (χ3v) is 4.43. The second-order valence-corrected chi connectivity index (χ2v) is 6.07. The SMILES string of the molecule is COc1cc(N)c(Cl)cc1C(=O)N(C)CCc1cccs1. The highest BCUT2D eigenvalue weighted by molar-refractivity contribution is 7.09. The maximum Gasteiger partial charge on any atom is 0.257 e. The molecule has 0 aliphatic heterocycles. The van der Waals surface area contributed by atoms with Crippen molar-refractivity contribution in [3.8, 4) is 5.75 Å². The number of nitrogens with zero attached hydrogens (tertiary/aromatic N) is 1. The van der Waals surface area contributed by atoms with E-state index in [1.165, 1.54) is 12.0 Å². The average Bonchev–Trinajstić information content (AvgIpc) is 2.99. The molecule has 4 nitrogen and oxygen atoms in total. The highest BCUT2D eigenvalue weighted by Gasteiger charge is 2.18. The fourth-order valence-corrected chi connectivity index (χ4v) is 2.81. The van der Waals surface area contributed by atoms with Gasteiger partial charge in [-0.3, -0.25) is 4.79 Å². The molecule has 21 heavy (non-hydrogen) atoms. The van der Waals surface area contributed by atoms with E-state index in [4.69, 9.17) is 22.1 Å². The van der Waals surface area contributed by atoms with Crippen LogP contribution >= 0.6 is 22.9 Å². The van der Waals surface area contributed by atoms with Gasteiger partial charge in [0.15, 0.2) is 0 Å². The van der Waals surface area contributed by atoms with Gasteiger partial charge in [0.1, 0.15) is 5.75 Å². The Hall–Kier alpha value is -1.72. The Morgan fingerprint density at radius 3 is 2.86 bits per heavy atom. The molecule has 1 aromatic heterocycles. The first-order chi connectivity index (χ1) is 10.0. The summed E-state index contributed by atoms with van der Waals surface area (Å²) in [5.41, 5.74) is 6.55. The molecule has 0 unspecified atom stereocenters. The average molecular weight is 325 g/mol. The van der Waals surface area contributed by atoms with E-state index in [9.17, 15) is 4.79 Å². The van der Waals surface area contributed by atoms with E-state index in [0.717, 1.165) is 6.42 Å². The third-order valence-electron chi connectivity index (χ3n) is 3.17. The fraction of sp³-hybridized carbons (Fsp3) is 0.267. The van der Waals surface area contributed by atoms with Crippen molar-refractivity contribution in [3.63, 3.8) is 0 Å². The van der Waals surface area contributed by atoms with E-state index >= 15 is 0 Å². The van der Waals surface area contributed by atoms with Gasteiger partial charge < -0.3 is 15.4 Å². The van der Waals surface area contributed by atoms with Gasteiger partial charge in [-0.05, 0) is 23.9 Å². The number of carbonyl (C=O) groups is 1. The molecule has 0 aliphatic rings. The van der Waals surface area contributed by atoms with Crippen molar-refractivity contribution >= 4 is 34.5 Å². The lowest BCUT2D eigenvalue weighted by atomic mass is 10.1. The van der Waals surface area contributed by atoms with Crippen molar-refractivity contribution in [2.45, 2.75) is 6.42 Å². The Kier molecular flexibility index (Phi) is 5.09. The van der Waals surface area contributed by atoms with Crippen molar-refractivity contribution in [3.05, 3.63) is 45.1 Å². The summed E-state index contributed by atoms with van der Waals surface area (Å²) in [6.07, 6.45) is 0.824. The molecule has 6 heteroatoms. The van der Waals surface area contributed by atoms with Crippen LogP contribution in [0.15, 0.2) is 29.6 Å². The zero-order valence-corrected chi connectivity index (χ0v) is 13.5. The zero-order chi connectivity index (χ0) is 15.4. The summed E-state index contributed by atoms with van der Waals surface area (Å²) in [6.45, 7) is 0.629. The first kappa shape index (κ1) is 15.7. The lowest BCUT2D eigenvalue weighted by Gasteiger charge is -2.19. The molecule has 2 rings (SSSR count). The minimum atomic E-state index is -0.134. The number of likely N-dealkylation sites (N-methyl/N-ethyl adjacent to an activating group) is 1. The molecule has 2 N–H and O–H groups in total. The van der Waals surface area contributed by atoms with Gasteiger partial charge in [-0.15, -0.1) is 11.3 Å². The quantitative estimate of drug-likeness (QED) is 0.858. The normalized spacial score (nSPS) is 10.4. The van der Waals surface area contributed by atoms with E-state index in [2.05, 4.69) is 6.07 Å². The third kappa shape index (κ3) is 3.68. The predicted molar refractivity (Wildman–Crippen MR) is 87.4 cm³/mol. The van der Waals surface area contributed by atoms with E-state index in [-0.39, 0.29) is 5.91 Å². The van der Waals surface area contributed by atoms with Gasteiger partial charge in [-0.25, -0.2) is 0 Å². The molecule has 0 radical (unpaired) electrons. The van der Waals surface area contributed by atoms with Crippen LogP contribution in [0.5, 0.6) is 5.75 Å². The summed E-state index contributed by atoms with van der Waals surface area (Å²) in [5, 5.41) is 2.38. The summed E-state index contributed by atoms with van der Waals surface area (Å²) in [4.78, 5) is 15.4. The molecule has 0 saturated carbocycles. The lowest BCUT2D eigenvalue weighted by molar-refractivity contribution is 0.0793. The number of methoxy groups -OCH3 is 1. The Bertz CT molecular complexity index is 629. The molecule has 0 bridgehead atoms. The van der Waals surface area contributed by atoms with Crippen LogP contribution < -0.4 is 10.5 Å². The standard InChI is InChI=1S/C15H17ClN2O2S/c1-18(6-5-10-4-3-7-21-10)15(19)11-8-12(16)13(17)9-14(11)20-2/h3-4,7-9H,5-6,17H2,1-2H3. The monoisotopic (exact) mass is 324 g/mol. The molecule has 1 heterocycles. The first-order valence-electron chi connectivity index (χ1n) is 6.43. The predicted octanol–water partition coefficient (Wildman–Crippen LogP) is 3.31. The molecule has 0 aliphatic carbocycles. The Morgan fingerprint density at radius 1 is 1.48 bits per heavy atom. The molecular weight excluding hydrogens is 308 g/mol. The van der Waals surface area contributed by atoms with Crippen molar-refractivity contribution in [1.82, 2.24) is 4.90 Å². The van der Waals surface area contributed by atoms with Crippen LogP contribution in [-0.2, 0) is 6.42 Å². The van der Waals surface area contributed by atoms with Crippen molar-refractivity contribution < 1.29 is 9.53 Å². The number of nitrogen functional groups attached to an aromatic ring is 1. The van der Waals surface area contributed by atoms with Gasteiger partial charge >= 0.3 is 0 Å². The number of anilines is 1. The minimum Gasteiger partial charge on any atom is -0.496 e. The molecule has 0 saturated heterocycles. The van der Waals surface area contributed by atoms with Crippen LogP contribution in [0.1, 0.15) is 15.2 Å². The van der Waals surface area contributed by atoms with Crippen molar-refractivity contribution in [2.75, 3.05) is 26.4 Å². The van der Waals surface area contributed by atoms with E-state index in [0.29, 0.717) is 28.6 Å². The molecular formula is C15H17ClN2O2S. The summed E-state index contributed by atoms with van der Waals surface area (Å²) in [6, 6.07) is 7.19. The summed E-state index contributed by atoms with van der Waals surface area (Å²) < 4.78 is 5.22. The topological polar surface area (TPSA) is 55.6 Å². The van der Waals surface area contributed by atoms with Crippen LogP contribution in [0.4, 0.5) is 5.69 Å². The van der Waals surface area contributed by atoms with Gasteiger partial charge in [0.2, 0.25) is 0 Å². The lowest BCUT2D eigenvalue weighted by Crippen LogP contribution is -2.29. The molecule has 0 fully saturated rings.